The molecule has 0 aliphatic carbocycles. The Labute approximate surface area is 141 Å². The minimum absolute atomic E-state index is 0.327. The third-order valence-corrected chi connectivity index (χ3v) is 6.63. The van der Waals surface area contributed by atoms with Gasteiger partial charge in [-0.05, 0) is 57.0 Å². The molecule has 2 rings (SSSR count). The molecule has 0 amide bonds. The summed E-state index contributed by atoms with van der Waals surface area (Å²) in [4.78, 5) is 1.34. The van der Waals surface area contributed by atoms with Crippen LogP contribution in [0.25, 0.3) is 0 Å². The van der Waals surface area contributed by atoms with Crippen LogP contribution in [0.15, 0.2) is 20.4 Å². The molecule has 0 fully saturated rings. The summed E-state index contributed by atoms with van der Waals surface area (Å²) in [5.41, 5.74) is 2.43. The molecular formula is C14H19Br2N3S. The molecule has 0 aliphatic rings. The Morgan fingerprint density at radius 1 is 1.35 bits per heavy atom. The van der Waals surface area contributed by atoms with Crippen molar-refractivity contribution in [3.8, 4) is 0 Å². The van der Waals surface area contributed by atoms with Gasteiger partial charge < -0.3 is 5.32 Å². The lowest BCUT2D eigenvalue weighted by Crippen LogP contribution is -2.23. The van der Waals surface area contributed by atoms with E-state index in [1.165, 1.54) is 10.6 Å². The first-order valence-electron chi connectivity index (χ1n) is 6.75. The van der Waals surface area contributed by atoms with Gasteiger partial charge in [-0.3, -0.25) is 4.68 Å². The zero-order chi connectivity index (χ0) is 14.7. The third-order valence-electron chi connectivity index (χ3n) is 3.26. The average Bonchev–Trinajstić information content (AvgIpc) is 2.93. The van der Waals surface area contributed by atoms with E-state index in [1.807, 2.05) is 11.7 Å². The molecule has 0 aliphatic heterocycles. The van der Waals surface area contributed by atoms with E-state index >= 15 is 0 Å². The number of nitrogens with one attached hydrogen (secondary N) is 1. The lowest BCUT2D eigenvalue weighted by atomic mass is 10.1. The molecule has 1 N–H and O–H groups in total. The van der Waals surface area contributed by atoms with Gasteiger partial charge in [-0.1, -0.05) is 13.8 Å². The van der Waals surface area contributed by atoms with Gasteiger partial charge in [-0.2, -0.15) is 5.10 Å². The van der Waals surface area contributed by atoms with Gasteiger partial charge in [0.05, 0.1) is 9.48 Å². The van der Waals surface area contributed by atoms with Gasteiger partial charge in [0.2, 0.25) is 0 Å². The summed E-state index contributed by atoms with van der Waals surface area (Å²) in [6, 6.07) is 4.73. The average molecular weight is 421 g/mol. The molecule has 3 nitrogen and oxygen atoms in total. The van der Waals surface area contributed by atoms with Crippen LogP contribution >= 0.6 is 43.2 Å². The lowest BCUT2D eigenvalue weighted by Gasteiger charge is -2.16. The monoisotopic (exact) mass is 419 g/mol. The zero-order valence-corrected chi connectivity index (χ0v) is 15.9. The number of nitrogens with zero attached hydrogens (tertiary/aromatic N) is 2. The van der Waals surface area contributed by atoms with E-state index in [-0.39, 0.29) is 0 Å². The lowest BCUT2D eigenvalue weighted by molar-refractivity contribution is 0.535. The van der Waals surface area contributed by atoms with Gasteiger partial charge in [0.1, 0.15) is 0 Å². The van der Waals surface area contributed by atoms with Crippen LogP contribution in [0, 0.1) is 0 Å². The minimum Gasteiger partial charge on any atom is -0.309 e. The third kappa shape index (κ3) is 3.72. The largest absolute Gasteiger partial charge is 0.309 e. The van der Waals surface area contributed by atoms with Crippen LogP contribution in [0.3, 0.4) is 0 Å². The van der Waals surface area contributed by atoms with Crippen molar-refractivity contribution in [1.29, 1.82) is 0 Å². The topological polar surface area (TPSA) is 29.9 Å². The van der Waals surface area contributed by atoms with Crippen LogP contribution in [0.4, 0.5) is 0 Å². The molecule has 110 valence electrons. The first-order chi connectivity index (χ1) is 9.55. The number of aromatic nitrogens is 2. The van der Waals surface area contributed by atoms with Crippen molar-refractivity contribution < 1.29 is 0 Å². The number of hydrogen-bond acceptors (Lipinski definition) is 3. The Hall–Kier alpha value is -0.170. The number of likely N-dealkylation sites (N-methyl/N-ethyl adjacent to an activating group) is 1. The van der Waals surface area contributed by atoms with E-state index in [2.05, 4.69) is 68.3 Å². The van der Waals surface area contributed by atoms with Crippen LogP contribution in [0.1, 0.15) is 36.2 Å². The van der Waals surface area contributed by atoms with E-state index in [9.17, 15) is 0 Å². The molecule has 2 heterocycles. The first kappa shape index (κ1) is 16.2. The number of rotatable bonds is 6. The Morgan fingerprint density at radius 3 is 2.60 bits per heavy atom. The Bertz CT molecular complexity index is 557. The van der Waals surface area contributed by atoms with Crippen molar-refractivity contribution in [3.05, 3.63) is 36.7 Å². The molecule has 6 heteroatoms. The zero-order valence-electron chi connectivity index (χ0n) is 11.9. The molecule has 2 aromatic rings. The summed E-state index contributed by atoms with van der Waals surface area (Å²) in [7, 11) is 2.03. The first-order valence-corrected chi connectivity index (χ1v) is 9.15. The fraction of sp³-hybridized carbons (Fsp3) is 0.500. The number of hydrogen-bond donors (Lipinski definition) is 1. The molecule has 0 spiro atoms. The molecule has 0 bridgehead atoms. The van der Waals surface area contributed by atoms with Crippen molar-refractivity contribution in [2.24, 2.45) is 7.05 Å². The summed E-state index contributed by atoms with van der Waals surface area (Å²) in [5.74, 6) is 0. The number of aryl methyl sites for hydroxylation is 2. The van der Waals surface area contributed by atoms with Gasteiger partial charge in [-0.15, -0.1) is 11.3 Å². The molecule has 0 radical (unpaired) electrons. The van der Waals surface area contributed by atoms with E-state index in [1.54, 1.807) is 11.3 Å². The fourth-order valence-corrected chi connectivity index (χ4v) is 4.36. The second-order valence-corrected chi connectivity index (χ2v) is 7.94. The minimum atomic E-state index is 0.327. The highest BCUT2D eigenvalue weighted by molar-refractivity contribution is 9.13. The summed E-state index contributed by atoms with van der Waals surface area (Å²) in [5, 5.41) is 8.10. The highest BCUT2D eigenvalue weighted by atomic mass is 79.9. The van der Waals surface area contributed by atoms with Gasteiger partial charge in [0, 0.05) is 34.6 Å². The predicted octanol–water partition coefficient (Wildman–Crippen LogP) is 4.46. The molecule has 0 saturated carbocycles. The summed E-state index contributed by atoms with van der Waals surface area (Å²) < 4.78 is 4.27. The maximum atomic E-state index is 4.53. The quantitative estimate of drug-likeness (QED) is 0.747. The molecule has 20 heavy (non-hydrogen) atoms. The predicted molar refractivity (Wildman–Crippen MR) is 92.4 cm³/mol. The standard InChI is InChI=1S/C14H19Br2N3S/c1-4-9-6-10(19(3)18-9)7-12(17-5-2)13-8-11(15)14(16)20-13/h6,8,12,17H,4-5,7H2,1-3H3. The summed E-state index contributed by atoms with van der Waals surface area (Å²) in [6.45, 7) is 5.24. The van der Waals surface area contributed by atoms with Crippen LogP contribution < -0.4 is 5.32 Å². The summed E-state index contributed by atoms with van der Waals surface area (Å²) >= 11 is 8.92. The molecule has 2 aromatic heterocycles. The normalized spacial score (nSPS) is 12.8. The molecule has 0 aromatic carbocycles. The van der Waals surface area contributed by atoms with Crippen molar-refractivity contribution >= 4 is 43.2 Å². The number of halogens is 2. The van der Waals surface area contributed by atoms with Crippen molar-refractivity contribution in [1.82, 2.24) is 15.1 Å². The second-order valence-electron chi connectivity index (χ2n) is 4.69. The van der Waals surface area contributed by atoms with E-state index < -0.39 is 0 Å². The van der Waals surface area contributed by atoms with Crippen LogP contribution in [0.5, 0.6) is 0 Å². The van der Waals surface area contributed by atoms with Crippen LogP contribution in [0.2, 0.25) is 0 Å². The van der Waals surface area contributed by atoms with Crippen LogP contribution in [-0.2, 0) is 19.9 Å². The molecule has 1 unspecified atom stereocenters. The van der Waals surface area contributed by atoms with Gasteiger partial charge in [-0.25, -0.2) is 0 Å². The van der Waals surface area contributed by atoms with Crippen molar-refractivity contribution in [2.45, 2.75) is 32.7 Å². The van der Waals surface area contributed by atoms with E-state index in [0.717, 1.165) is 33.3 Å². The number of thiophene rings is 1. The smallest absolute Gasteiger partial charge is 0.0843 e. The molecular weight excluding hydrogens is 402 g/mol. The SMILES string of the molecule is CCNC(Cc1cc(CC)nn1C)c1cc(Br)c(Br)s1. The second kappa shape index (κ2) is 7.20. The Kier molecular flexibility index (Phi) is 5.84. The molecule has 0 saturated heterocycles. The maximum absolute atomic E-state index is 4.53. The summed E-state index contributed by atoms with van der Waals surface area (Å²) in [6.07, 6.45) is 1.94. The highest BCUT2D eigenvalue weighted by Gasteiger charge is 2.17. The Morgan fingerprint density at radius 2 is 2.10 bits per heavy atom. The van der Waals surface area contributed by atoms with Gasteiger partial charge in [0.15, 0.2) is 0 Å². The van der Waals surface area contributed by atoms with E-state index in [0.29, 0.717) is 6.04 Å². The van der Waals surface area contributed by atoms with Gasteiger partial charge in [0.25, 0.3) is 0 Å². The fourth-order valence-electron chi connectivity index (χ4n) is 2.20. The van der Waals surface area contributed by atoms with Crippen LogP contribution in [-0.4, -0.2) is 16.3 Å². The van der Waals surface area contributed by atoms with Crippen molar-refractivity contribution in [2.75, 3.05) is 6.54 Å². The Balaban J connectivity index is 2.22. The van der Waals surface area contributed by atoms with Gasteiger partial charge >= 0.3 is 0 Å². The highest BCUT2D eigenvalue weighted by Crippen LogP contribution is 2.36. The molecule has 1 atom stereocenters. The van der Waals surface area contributed by atoms with E-state index in [4.69, 9.17) is 0 Å². The van der Waals surface area contributed by atoms with Crippen molar-refractivity contribution in [3.63, 3.8) is 0 Å². The maximum Gasteiger partial charge on any atom is 0.0843 e.